The van der Waals surface area contributed by atoms with Crippen molar-refractivity contribution in [1.29, 1.82) is 0 Å². The molecule has 0 saturated carbocycles. The van der Waals surface area contributed by atoms with Crippen molar-refractivity contribution in [3.8, 4) is 0 Å². The molecule has 0 bridgehead atoms. The molecule has 1 N–H and O–H groups in total. The van der Waals surface area contributed by atoms with Gasteiger partial charge in [-0.25, -0.2) is 4.98 Å². The van der Waals surface area contributed by atoms with Gasteiger partial charge in [0, 0.05) is 19.6 Å². The van der Waals surface area contributed by atoms with Crippen LogP contribution in [0.15, 0.2) is 22.8 Å². The van der Waals surface area contributed by atoms with Crippen LogP contribution in [-0.4, -0.2) is 34.9 Å². The molecule has 1 fully saturated rings. The predicted molar refractivity (Wildman–Crippen MR) is 78.7 cm³/mol. The molecule has 2 rings (SSSR count). The van der Waals surface area contributed by atoms with E-state index in [2.05, 4.69) is 26.2 Å². The van der Waals surface area contributed by atoms with Crippen molar-refractivity contribution in [1.82, 2.24) is 15.2 Å². The monoisotopic (exact) mass is 325 g/mol. The Kier molecular flexibility index (Phi) is 5.34. The van der Waals surface area contributed by atoms with Crippen LogP contribution in [0.3, 0.4) is 0 Å². The summed E-state index contributed by atoms with van der Waals surface area (Å²) in [7, 11) is 0. The van der Waals surface area contributed by atoms with Gasteiger partial charge in [0.2, 0.25) is 5.91 Å². The molecular weight excluding hydrogens is 306 g/mol. The van der Waals surface area contributed by atoms with E-state index in [1.165, 1.54) is 6.42 Å². The lowest BCUT2D eigenvalue weighted by atomic mass is 10.1. The first kappa shape index (κ1) is 14.5. The molecule has 0 spiro atoms. The molecule has 1 aromatic rings. The van der Waals surface area contributed by atoms with E-state index in [1.807, 2.05) is 30.0 Å². The number of pyridine rings is 1. The van der Waals surface area contributed by atoms with E-state index < -0.39 is 0 Å². The number of amides is 1. The number of carbonyl (C=O) groups is 1. The van der Waals surface area contributed by atoms with Gasteiger partial charge < -0.3 is 10.2 Å². The highest BCUT2D eigenvalue weighted by Gasteiger charge is 2.21. The van der Waals surface area contributed by atoms with Crippen molar-refractivity contribution >= 4 is 21.8 Å². The molecule has 1 atom stereocenters. The summed E-state index contributed by atoms with van der Waals surface area (Å²) in [5.74, 6) is 0.203. The number of rotatable bonds is 4. The number of hydrogen-bond donors (Lipinski definition) is 1. The number of likely N-dealkylation sites (tertiary alicyclic amines) is 1. The largest absolute Gasteiger partial charge is 0.341 e. The second kappa shape index (κ2) is 7.01. The first-order valence-corrected chi connectivity index (χ1v) is 7.60. The standard InChI is InChI=1S/C14H20BrN3O/c1-11(14(19)18-8-3-2-4-9-18)16-10-12-6-5-7-13(15)17-12/h5-7,11,16H,2-4,8-10H2,1H3. The van der Waals surface area contributed by atoms with E-state index >= 15 is 0 Å². The Morgan fingerprint density at radius 3 is 2.84 bits per heavy atom. The number of nitrogens with zero attached hydrogens (tertiary/aromatic N) is 2. The number of halogens is 1. The maximum absolute atomic E-state index is 12.2. The maximum atomic E-state index is 12.2. The highest BCUT2D eigenvalue weighted by molar-refractivity contribution is 9.10. The van der Waals surface area contributed by atoms with Crippen LogP contribution in [0.5, 0.6) is 0 Å². The second-order valence-corrected chi connectivity index (χ2v) is 5.75. The van der Waals surface area contributed by atoms with E-state index in [9.17, 15) is 4.79 Å². The topological polar surface area (TPSA) is 45.2 Å². The Labute approximate surface area is 122 Å². The summed E-state index contributed by atoms with van der Waals surface area (Å²) >= 11 is 3.35. The minimum absolute atomic E-state index is 0.154. The molecule has 0 radical (unpaired) electrons. The summed E-state index contributed by atoms with van der Waals surface area (Å²) in [6.07, 6.45) is 3.50. The highest BCUT2D eigenvalue weighted by Crippen LogP contribution is 2.10. The third kappa shape index (κ3) is 4.28. The SMILES string of the molecule is CC(NCc1cccc(Br)n1)C(=O)N1CCCCC1. The molecule has 1 aliphatic rings. The van der Waals surface area contributed by atoms with Gasteiger partial charge in [-0.1, -0.05) is 6.07 Å². The fourth-order valence-corrected chi connectivity index (χ4v) is 2.66. The predicted octanol–water partition coefficient (Wildman–Crippen LogP) is 2.33. The van der Waals surface area contributed by atoms with E-state index in [-0.39, 0.29) is 11.9 Å². The molecule has 104 valence electrons. The molecule has 0 aromatic carbocycles. The number of hydrogen-bond acceptors (Lipinski definition) is 3. The number of nitrogens with one attached hydrogen (secondary N) is 1. The van der Waals surface area contributed by atoms with Crippen LogP contribution < -0.4 is 5.32 Å². The molecule has 1 unspecified atom stereocenters. The fourth-order valence-electron chi connectivity index (χ4n) is 2.28. The van der Waals surface area contributed by atoms with Crippen molar-refractivity contribution < 1.29 is 4.79 Å². The van der Waals surface area contributed by atoms with Gasteiger partial charge in [-0.15, -0.1) is 0 Å². The van der Waals surface area contributed by atoms with Gasteiger partial charge in [0.05, 0.1) is 11.7 Å². The zero-order valence-corrected chi connectivity index (χ0v) is 12.8. The lowest BCUT2D eigenvalue weighted by molar-refractivity contribution is -0.133. The summed E-state index contributed by atoms with van der Waals surface area (Å²) in [5, 5.41) is 3.25. The molecule has 19 heavy (non-hydrogen) atoms. The summed E-state index contributed by atoms with van der Waals surface area (Å²) in [4.78, 5) is 18.5. The molecule has 0 aliphatic carbocycles. The summed E-state index contributed by atoms with van der Waals surface area (Å²) in [6, 6.07) is 5.64. The average molecular weight is 326 g/mol. The van der Waals surface area contributed by atoms with Crippen molar-refractivity contribution in [2.24, 2.45) is 0 Å². The Hall–Kier alpha value is -0.940. The molecule has 5 heteroatoms. The van der Waals surface area contributed by atoms with Gasteiger partial charge in [-0.3, -0.25) is 4.79 Å². The molecule has 2 heterocycles. The van der Waals surface area contributed by atoms with E-state index in [4.69, 9.17) is 0 Å². The minimum Gasteiger partial charge on any atom is -0.341 e. The average Bonchev–Trinajstić information content (AvgIpc) is 2.45. The highest BCUT2D eigenvalue weighted by atomic mass is 79.9. The smallest absolute Gasteiger partial charge is 0.239 e. The van der Waals surface area contributed by atoms with Gasteiger partial charge in [-0.2, -0.15) is 0 Å². The Morgan fingerprint density at radius 1 is 1.42 bits per heavy atom. The first-order valence-electron chi connectivity index (χ1n) is 6.80. The molecule has 4 nitrogen and oxygen atoms in total. The van der Waals surface area contributed by atoms with Crippen LogP contribution in [0.2, 0.25) is 0 Å². The van der Waals surface area contributed by atoms with Gasteiger partial charge >= 0.3 is 0 Å². The Balaban J connectivity index is 1.83. The summed E-state index contributed by atoms with van der Waals surface area (Å²) in [6.45, 7) is 4.34. The zero-order valence-electron chi connectivity index (χ0n) is 11.2. The lowest BCUT2D eigenvalue weighted by Gasteiger charge is -2.29. The number of piperidine rings is 1. The van der Waals surface area contributed by atoms with Crippen LogP contribution in [0.25, 0.3) is 0 Å². The molecule has 1 aromatic heterocycles. The Bertz CT molecular complexity index is 432. The molecular formula is C14H20BrN3O. The molecule has 1 amide bonds. The zero-order chi connectivity index (χ0) is 13.7. The van der Waals surface area contributed by atoms with Gasteiger partial charge in [0.15, 0.2) is 0 Å². The van der Waals surface area contributed by atoms with Crippen molar-refractivity contribution in [3.63, 3.8) is 0 Å². The van der Waals surface area contributed by atoms with Gasteiger partial charge in [0.1, 0.15) is 4.60 Å². The minimum atomic E-state index is -0.154. The van der Waals surface area contributed by atoms with Crippen molar-refractivity contribution in [3.05, 3.63) is 28.5 Å². The second-order valence-electron chi connectivity index (χ2n) is 4.94. The van der Waals surface area contributed by atoms with Crippen LogP contribution in [-0.2, 0) is 11.3 Å². The fraction of sp³-hybridized carbons (Fsp3) is 0.571. The molecule has 1 aliphatic heterocycles. The van der Waals surface area contributed by atoms with E-state index in [0.29, 0.717) is 6.54 Å². The van der Waals surface area contributed by atoms with Crippen LogP contribution in [0, 0.1) is 0 Å². The number of carbonyl (C=O) groups excluding carboxylic acids is 1. The molecule has 1 saturated heterocycles. The quantitative estimate of drug-likeness (QED) is 0.864. The number of aromatic nitrogens is 1. The first-order chi connectivity index (χ1) is 9.16. The van der Waals surface area contributed by atoms with Crippen LogP contribution in [0.1, 0.15) is 31.9 Å². The van der Waals surface area contributed by atoms with Crippen molar-refractivity contribution in [2.45, 2.75) is 38.8 Å². The van der Waals surface area contributed by atoms with E-state index in [1.54, 1.807) is 0 Å². The summed E-state index contributed by atoms with van der Waals surface area (Å²) in [5.41, 5.74) is 0.938. The van der Waals surface area contributed by atoms with Crippen LogP contribution >= 0.6 is 15.9 Å². The van der Waals surface area contributed by atoms with E-state index in [0.717, 1.165) is 36.2 Å². The van der Waals surface area contributed by atoms with Crippen LogP contribution in [0.4, 0.5) is 0 Å². The van der Waals surface area contributed by atoms with Gasteiger partial charge in [0.25, 0.3) is 0 Å². The maximum Gasteiger partial charge on any atom is 0.239 e. The Morgan fingerprint density at radius 2 is 2.16 bits per heavy atom. The normalized spacial score (nSPS) is 17.3. The van der Waals surface area contributed by atoms with Gasteiger partial charge in [-0.05, 0) is 54.2 Å². The third-order valence-corrected chi connectivity index (χ3v) is 3.84. The lowest BCUT2D eigenvalue weighted by Crippen LogP contribution is -2.46. The van der Waals surface area contributed by atoms with Crippen molar-refractivity contribution in [2.75, 3.05) is 13.1 Å². The summed E-state index contributed by atoms with van der Waals surface area (Å²) < 4.78 is 0.821. The third-order valence-electron chi connectivity index (χ3n) is 3.40.